The predicted molar refractivity (Wildman–Crippen MR) is 205 cm³/mol. The Hall–Kier alpha value is -6.10. The Balaban J connectivity index is 1.16. The van der Waals surface area contributed by atoms with Crippen molar-refractivity contribution in [2.24, 2.45) is 0 Å². The molecule has 22 heteroatoms. The molecule has 4 aromatic heterocycles. The van der Waals surface area contributed by atoms with Crippen molar-refractivity contribution < 1.29 is 62.0 Å². The molecule has 2 fully saturated rings. The van der Waals surface area contributed by atoms with Crippen LogP contribution in [0.25, 0.3) is 21.6 Å². The Bertz CT molecular complexity index is 2150. The van der Waals surface area contributed by atoms with Gasteiger partial charge in [0.05, 0.1) is 42.6 Å². The van der Waals surface area contributed by atoms with E-state index in [1.807, 2.05) is 12.1 Å². The number of carbonyl (C=O) groups is 5. The number of rotatable bonds is 14. The van der Waals surface area contributed by atoms with E-state index in [4.69, 9.17) is 48.0 Å². The van der Waals surface area contributed by atoms with Gasteiger partial charge in [-0.05, 0) is 12.1 Å². The van der Waals surface area contributed by atoms with Crippen molar-refractivity contribution in [3.63, 3.8) is 0 Å². The lowest BCUT2D eigenvalue weighted by atomic mass is 9.98. The Morgan fingerprint density at radius 3 is 2.19 bits per heavy atom. The van der Waals surface area contributed by atoms with E-state index >= 15 is 0 Å². The monoisotopic (exact) mass is 838 g/mol. The molecule has 5 atom stereocenters. The number of hydrogen-bond donors (Lipinski definition) is 1. The lowest BCUT2D eigenvalue weighted by Gasteiger charge is -2.43. The number of hydroxylamine groups is 1. The molecule has 1 N–H and O–H groups in total. The average Bonchev–Trinajstić information content (AvgIpc) is 3.62. The number of pyridine rings is 1. The normalized spacial score (nSPS) is 20.3. The van der Waals surface area contributed by atoms with Crippen LogP contribution in [0.4, 0.5) is 11.8 Å². The SMILES string of the molecule is COc1ccc(-c2nc(N3CCOCC3)c3sc(CN(C)c4ncc(C(=O)NO[C@@H]5OC(COC(C)=O)[C@H](OC(C)=O)[C@H](OC(C)=O)[C@H]5OC(C)=O)cn4)cc3n2)cn1. The van der Waals surface area contributed by atoms with Gasteiger partial charge in [0.15, 0.2) is 30.0 Å². The molecule has 1 unspecified atom stereocenters. The minimum atomic E-state index is -1.63. The number of anilines is 2. The first-order valence-corrected chi connectivity index (χ1v) is 19.0. The predicted octanol–water partition coefficient (Wildman–Crippen LogP) is 1.77. The lowest BCUT2D eigenvalue weighted by molar-refractivity contribution is -0.317. The minimum Gasteiger partial charge on any atom is -0.481 e. The summed E-state index contributed by atoms with van der Waals surface area (Å²) < 4.78 is 38.7. The summed E-state index contributed by atoms with van der Waals surface area (Å²) in [7, 11) is 3.35. The quantitative estimate of drug-likeness (QED) is 0.108. The number of amides is 1. The maximum atomic E-state index is 13.2. The molecule has 0 spiro atoms. The van der Waals surface area contributed by atoms with E-state index in [9.17, 15) is 24.0 Å². The zero-order valence-corrected chi connectivity index (χ0v) is 33.8. The number of nitrogens with zero attached hydrogens (tertiary/aromatic N) is 7. The first-order valence-electron chi connectivity index (χ1n) is 18.2. The van der Waals surface area contributed by atoms with Crippen molar-refractivity contribution in [3.8, 4) is 17.3 Å². The molecule has 0 bridgehead atoms. The van der Waals surface area contributed by atoms with Gasteiger partial charge in [0.2, 0.25) is 18.1 Å². The van der Waals surface area contributed by atoms with Crippen molar-refractivity contribution in [1.29, 1.82) is 0 Å². The van der Waals surface area contributed by atoms with Gasteiger partial charge in [0.25, 0.3) is 5.91 Å². The molecule has 6 heterocycles. The van der Waals surface area contributed by atoms with Crippen LogP contribution in [0.3, 0.4) is 0 Å². The third-order valence-corrected chi connectivity index (χ3v) is 9.87. The fraction of sp³-hybridized carbons (Fsp3) is 0.459. The highest BCUT2D eigenvalue weighted by atomic mass is 32.1. The molecule has 0 aromatic carbocycles. The van der Waals surface area contributed by atoms with Gasteiger partial charge >= 0.3 is 23.9 Å². The van der Waals surface area contributed by atoms with Crippen LogP contribution >= 0.6 is 11.3 Å². The molecule has 59 heavy (non-hydrogen) atoms. The number of aromatic nitrogens is 5. The van der Waals surface area contributed by atoms with Gasteiger partial charge in [0.1, 0.15) is 12.7 Å². The van der Waals surface area contributed by atoms with Crippen LogP contribution in [-0.2, 0) is 59.0 Å². The molecule has 0 aliphatic carbocycles. The molecule has 1 amide bonds. The van der Waals surface area contributed by atoms with Crippen molar-refractivity contribution in [2.75, 3.05) is 56.9 Å². The molecule has 0 radical (unpaired) electrons. The van der Waals surface area contributed by atoms with Crippen molar-refractivity contribution in [2.45, 2.75) is 64.9 Å². The van der Waals surface area contributed by atoms with E-state index in [0.717, 1.165) is 54.2 Å². The van der Waals surface area contributed by atoms with Crippen LogP contribution in [0.2, 0.25) is 0 Å². The van der Waals surface area contributed by atoms with Crippen molar-refractivity contribution >= 4 is 63.1 Å². The summed E-state index contributed by atoms with van der Waals surface area (Å²) in [5.41, 5.74) is 3.71. The Kier molecular flexibility index (Phi) is 13.8. The Morgan fingerprint density at radius 2 is 1.56 bits per heavy atom. The van der Waals surface area contributed by atoms with Crippen molar-refractivity contribution in [1.82, 2.24) is 30.4 Å². The van der Waals surface area contributed by atoms with Gasteiger partial charge in [-0.15, -0.1) is 11.3 Å². The van der Waals surface area contributed by atoms with Crippen LogP contribution in [-0.4, -0.2) is 132 Å². The topological polar surface area (TPSA) is 242 Å². The number of hydrogen-bond acceptors (Lipinski definition) is 21. The number of morpholine rings is 1. The number of methoxy groups -OCH3 is 1. The standard InChI is InChI=1S/C37H42N8O13S/c1-19(46)53-18-27-29(54-20(2)47)30(55-21(3)48)31(56-22(4)49)36(57-27)58-43-35(50)24-15-39-37(40-16-24)44(5)17-25-13-26-32(59-25)34(45-9-11-52-12-10-45)42-33(41-26)23-7-8-28(51-6)38-14-23/h7-8,13-16,27,29-31,36H,9-12,17-18H2,1-6H3,(H,43,50)/t27?,29-,30-,31+,36-/m0/s1. The fourth-order valence-corrected chi connectivity index (χ4v) is 7.35. The van der Waals surface area contributed by atoms with E-state index in [1.165, 1.54) is 12.4 Å². The molecule has 314 valence electrons. The van der Waals surface area contributed by atoms with Crippen LogP contribution in [0.5, 0.6) is 5.88 Å². The van der Waals surface area contributed by atoms with Gasteiger partial charge in [-0.25, -0.2) is 35.2 Å². The first-order chi connectivity index (χ1) is 28.3. The van der Waals surface area contributed by atoms with E-state index in [-0.39, 0.29) is 5.56 Å². The van der Waals surface area contributed by atoms with Crippen LogP contribution in [0.15, 0.2) is 36.8 Å². The van der Waals surface area contributed by atoms with Gasteiger partial charge in [0, 0.05) is 82.9 Å². The molecular weight excluding hydrogens is 797 g/mol. The second-order valence-corrected chi connectivity index (χ2v) is 14.4. The summed E-state index contributed by atoms with van der Waals surface area (Å²) >= 11 is 1.55. The largest absolute Gasteiger partial charge is 0.481 e. The smallest absolute Gasteiger partial charge is 0.303 e. The summed E-state index contributed by atoms with van der Waals surface area (Å²) in [6, 6.07) is 5.62. The maximum absolute atomic E-state index is 13.2. The molecule has 2 saturated heterocycles. The van der Waals surface area contributed by atoms with Crippen LogP contribution in [0.1, 0.15) is 42.9 Å². The molecule has 4 aromatic rings. The summed E-state index contributed by atoms with van der Waals surface area (Å²) in [6.45, 7) is 6.87. The highest BCUT2D eigenvalue weighted by molar-refractivity contribution is 7.19. The number of nitrogens with one attached hydrogen (secondary N) is 1. The molecule has 21 nitrogen and oxygen atoms in total. The Morgan fingerprint density at radius 1 is 0.881 bits per heavy atom. The third-order valence-electron chi connectivity index (χ3n) is 8.77. The first kappa shape index (κ1) is 42.5. The zero-order chi connectivity index (χ0) is 42.2. The molecule has 0 saturated carbocycles. The van der Waals surface area contributed by atoms with Gasteiger partial charge in [-0.2, -0.15) is 0 Å². The van der Waals surface area contributed by atoms with E-state index in [0.29, 0.717) is 50.5 Å². The van der Waals surface area contributed by atoms with E-state index in [2.05, 4.69) is 25.3 Å². The second-order valence-electron chi connectivity index (χ2n) is 13.2. The molecule has 2 aliphatic heterocycles. The van der Waals surface area contributed by atoms with Gasteiger partial charge in [-0.1, -0.05) is 0 Å². The van der Waals surface area contributed by atoms with Crippen LogP contribution in [0, 0.1) is 0 Å². The molecular formula is C37H42N8O13S. The summed E-state index contributed by atoms with van der Waals surface area (Å²) in [5, 5.41) is 0. The lowest BCUT2D eigenvalue weighted by Crippen LogP contribution is -2.63. The fourth-order valence-electron chi connectivity index (χ4n) is 6.19. The highest BCUT2D eigenvalue weighted by Crippen LogP contribution is 2.35. The third kappa shape index (κ3) is 10.7. The summed E-state index contributed by atoms with van der Waals surface area (Å²) in [5.74, 6) is -1.81. The van der Waals surface area contributed by atoms with Crippen molar-refractivity contribution in [3.05, 3.63) is 47.2 Å². The zero-order valence-electron chi connectivity index (χ0n) is 32.9. The number of esters is 4. The average molecular weight is 839 g/mol. The number of ether oxygens (including phenoxy) is 7. The van der Waals surface area contributed by atoms with Gasteiger partial charge < -0.3 is 43.0 Å². The highest BCUT2D eigenvalue weighted by Gasteiger charge is 2.53. The summed E-state index contributed by atoms with van der Waals surface area (Å²) in [6.07, 6.45) is -3.09. The molecule has 6 rings (SSSR count). The van der Waals surface area contributed by atoms with E-state index in [1.54, 1.807) is 42.7 Å². The molecule has 2 aliphatic rings. The van der Waals surface area contributed by atoms with Gasteiger partial charge in [-0.3, -0.25) is 24.0 Å². The van der Waals surface area contributed by atoms with Crippen LogP contribution < -0.4 is 20.0 Å². The maximum Gasteiger partial charge on any atom is 0.303 e. The minimum absolute atomic E-state index is 0.0133. The number of carbonyl (C=O) groups excluding carboxylic acids is 5. The summed E-state index contributed by atoms with van der Waals surface area (Å²) in [4.78, 5) is 94.4. The van der Waals surface area contributed by atoms with E-state index < -0.39 is 67.1 Å². The number of fused-ring (bicyclic) bond motifs is 1. The second kappa shape index (κ2) is 19.1. The Labute approximate surface area is 341 Å². The number of thiophene rings is 1.